The van der Waals surface area contributed by atoms with Gasteiger partial charge in [0.05, 0.1) is 156 Å². The van der Waals surface area contributed by atoms with Crippen LogP contribution in [0.2, 0.25) is 0 Å². The Morgan fingerprint density at radius 1 is 0.237 bits per heavy atom. The zero-order valence-electron chi connectivity index (χ0n) is 77.6. The van der Waals surface area contributed by atoms with Crippen LogP contribution in [-0.2, 0) is 66.5 Å². The molecule has 5 aromatic rings. The first-order valence-electron chi connectivity index (χ1n) is 42.1. The van der Waals surface area contributed by atoms with E-state index in [9.17, 15) is 43.2 Å². The molecule has 0 radical (unpaired) electrons. The first-order chi connectivity index (χ1) is 56.2. The van der Waals surface area contributed by atoms with E-state index < -0.39 is 0 Å². The third-order valence-corrected chi connectivity index (χ3v) is 19.2. The van der Waals surface area contributed by atoms with Gasteiger partial charge in [-0.05, 0) is 141 Å². The molecule has 0 N–H and O–H groups in total. The largest absolute Gasteiger partial charge is 0.469 e. The Bertz CT molecular complexity index is 3140. The molecule has 0 aliphatic heterocycles. The maximum absolute atomic E-state index is 12.0. The lowest BCUT2D eigenvalue weighted by molar-refractivity contribution is -0.926. The molecular weight excluding hydrogens is 1500 g/mol. The first kappa shape index (κ1) is 118. The van der Waals surface area contributed by atoms with Gasteiger partial charge < -0.3 is 69.8 Å². The lowest BCUT2D eigenvalue weighted by atomic mass is 10.2. The molecule has 0 aromatic heterocycles. The van der Waals surface area contributed by atoms with Gasteiger partial charge in [-0.1, -0.05) is 145 Å². The van der Waals surface area contributed by atoms with Crippen LogP contribution in [0.5, 0.6) is 0 Å². The quantitative estimate of drug-likeness (QED) is 0.0201. The lowest BCUT2D eigenvalue weighted by Crippen LogP contribution is -2.51. The second kappa shape index (κ2) is 75.6. The highest BCUT2D eigenvalue weighted by Gasteiger charge is 2.28. The molecule has 0 fully saturated rings. The van der Waals surface area contributed by atoms with Crippen molar-refractivity contribution < 1.29 is 113 Å². The summed E-state index contributed by atoms with van der Waals surface area (Å²) in [5.74, 6) is -2.09. The van der Waals surface area contributed by atoms with Gasteiger partial charge in [0.25, 0.3) is 0 Å². The molecule has 118 heavy (non-hydrogen) atoms. The minimum atomic E-state index is -0.246. The van der Waals surface area contributed by atoms with E-state index >= 15 is 0 Å². The fourth-order valence-electron chi connectivity index (χ4n) is 11.5. The fraction of sp³-hybridized carbons (Fsp3) is 0.585. The van der Waals surface area contributed by atoms with Gasteiger partial charge in [-0.15, -0.1) is 0 Å². The molecule has 0 amide bonds. The van der Waals surface area contributed by atoms with Gasteiger partial charge in [0, 0.05) is 41.9 Å². The monoisotopic (exact) mass is 1660 g/mol. The summed E-state index contributed by atoms with van der Waals surface area (Å²) in [7, 11) is 14.8. The van der Waals surface area contributed by atoms with Crippen LogP contribution < -0.4 is 0 Å². The summed E-state index contributed by atoms with van der Waals surface area (Å²) in [6.07, 6.45) is 9.58. The number of carbonyl (C=O) groups is 9. The van der Waals surface area contributed by atoms with Crippen molar-refractivity contribution in [1.29, 1.82) is 0 Å². The van der Waals surface area contributed by atoms with Crippen LogP contribution in [0.4, 0.5) is 0 Å². The molecule has 24 nitrogen and oxygen atoms in total. The molecule has 0 aliphatic rings. The molecule has 0 saturated carbocycles. The average molecular weight is 1660 g/mol. The van der Waals surface area contributed by atoms with E-state index in [4.69, 9.17) is 23.7 Å². The topological polar surface area (TPSA) is 246 Å². The maximum Gasteiger partial charge on any atom is 0.338 e. The summed E-state index contributed by atoms with van der Waals surface area (Å²) < 4.78 is 52.5. The van der Waals surface area contributed by atoms with Gasteiger partial charge >= 0.3 is 53.7 Å². The van der Waals surface area contributed by atoms with E-state index in [0.29, 0.717) is 60.9 Å². The SMILES string of the molecule is CCCC[N+](CC)(CCC)CCOC(=O)c1ccccc1.CCCC[N+](CC)(CCC)CCOC(=O)c1ccccc1.CCC[N+](CC)(CCC)CCOC(=O)c1ccccc1.CC[N+](CC)(CC)CCOC(=O)c1ccccc1.COC.COC(C)=O.COC(C)=O.COC(C)=O.COC(C)=O.C[N+](C)(C)CCOC(=O)c1ccccc1. The molecule has 5 aromatic carbocycles. The van der Waals surface area contributed by atoms with Gasteiger partial charge in [-0.25, -0.2) is 24.0 Å². The Morgan fingerprint density at radius 2 is 0.398 bits per heavy atom. The van der Waals surface area contributed by atoms with E-state index in [1.165, 1.54) is 134 Å². The Labute approximate surface area is 713 Å². The Morgan fingerprint density at radius 3 is 0.542 bits per heavy atom. The number of hydrogen-bond acceptors (Lipinski definition) is 19. The van der Waals surface area contributed by atoms with Crippen molar-refractivity contribution in [2.24, 2.45) is 0 Å². The van der Waals surface area contributed by atoms with Crippen molar-refractivity contribution in [1.82, 2.24) is 0 Å². The zero-order chi connectivity index (χ0) is 90.5. The number of nitrogens with zero attached hydrogens (tertiary/aromatic N) is 5. The van der Waals surface area contributed by atoms with Crippen LogP contribution in [0.3, 0.4) is 0 Å². The molecule has 0 spiro atoms. The van der Waals surface area contributed by atoms with Gasteiger partial charge in [0.15, 0.2) is 0 Å². The van der Waals surface area contributed by atoms with Gasteiger partial charge in [-0.3, -0.25) is 19.2 Å². The summed E-state index contributed by atoms with van der Waals surface area (Å²) in [5, 5.41) is 0. The van der Waals surface area contributed by atoms with E-state index in [0.717, 1.165) is 107 Å². The van der Waals surface area contributed by atoms with Crippen LogP contribution in [0.25, 0.3) is 0 Å². The van der Waals surface area contributed by atoms with Crippen molar-refractivity contribution in [3.05, 3.63) is 179 Å². The molecular formula is C94H160N5O19+5. The van der Waals surface area contributed by atoms with E-state index in [-0.39, 0.29) is 53.7 Å². The predicted octanol–water partition coefficient (Wildman–Crippen LogP) is 16.5. The standard InChI is InChI=1S/2C18H30NO2.C17H28NO2.C15H24NO2.C12H18NO2.4C3H6O2.C2H6O/c2*1-4-7-14-19(6-3,13-5-2)15-16-21-18(20)17-11-9-8-10-12-17;1-4-12-18(6-3,13-5-2)14-15-20-17(19)16-10-8-7-9-11-16;1-4-16(5-2,6-3)12-13-18-15(17)14-10-8-7-9-11-14;1-13(2,3)9-10-15-12(14)11-7-5-4-6-8-11;4*1-3(4)5-2;1-3-2/h2*8-12H,4-7,13-16H2,1-3H3;7-11H,4-6,12-15H2,1-3H3;7-11H,4-6,12-13H2,1-3H3;4-8H,9-10H2,1-3H3;4*1-2H3;1-2H3/q5*+1;;;;;. The van der Waals surface area contributed by atoms with Crippen LogP contribution in [0, 0.1) is 0 Å². The van der Waals surface area contributed by atoms with Crippen LogP contribution in [0.1, 0.15) is 214 Å². The summed E-state index contributed by atoms with van der Waals surface area (Å²) in [5.41, 5.74) is 3.14. The lowest BCUT2D eigenvalue weighted by Gasteiger charge is -2.37. The Balaban J connectivity index is -0.000000423. The third kappa shape index (κ3) is 63.2. The number of unbranched alkanes of at least 4 members (excludes halogenated alkanes) is 2. The number of esters is 9. The van der Waals surface area contributed by atoms with Crippen molar-refractivity contribution in [2.45, 2.75) is 162 Å². The molecule has 670 valence electrons. The fourth-order valence-corrected chi connectivity index (χ4v) is 11.5. The van der Waals surface area contributed by atoms with Gasteiger partial charge in [0.2, 0.25) is 0 Å². The number of likely N-dealkylation sites (N-methyl/N-ethyl adjacent to an activating group) is 5. The minimum Gasteiger partial charge on any atom is -0.469 e. The number of hydrogen-bond donors (Lipinski definition) is 0. The highest BCUT2D eigenvalue weighted by Crippen LogP contribution is 2.16. The molecule has 5 rings (SSSR count). The van der Waals surface area contributed by atoms with Crippen molar-refractivity contribution in [2.75, 3.05) is 208 Å². The Kier molecular flexibility index (Phi) is 75.3. The summed E-state index contributed by atoms with van der Waals surface area (Å²) >= 11 is 0. The minimum absolute atomic E-state index is 0.211. The third-order valence-electron chi connectivity index (χ3n) is 19.2. The summed E-state index contributed by atoms with van der Waals surface area (Å²) in [6, 6.07) is 45.9. The van der Waals surface area contributed by atoms with Crippen molar-refractivity contribution in [3.8, 4) is 0 Å². The molecule has 0 heterocycles. The second-order valence-electron chi connectivity index (χ2n) is 28.9. The van der Waals surface area contributed by atoms with Crippen molar-refractivity contribution >= 4 is 53.7 Å². The number of quaternary nitrogens is 5. The summed E-state index contributed by atoms with van der Waals surface area (Å²) in [4.78, 5) is 97.5. The van der Waals surface area contributed by atoms with E-state index in [2.05, 4.69) is 128 Å². The summed E-state index contributed by atoms with van der Waals surface area (Å²) in [6.45, 7) is 52.5. The molecule has 24 heteroatoms. The second-order valence-corrected chi connectivity index (χ2v) is 28.9. The number of ether oxygens (including phenoxy) is 10. The molecule has 2 atom stereocenters. The van der Waals surface area contributed by atoms with Crippen LogP contribution in [-0.4, -0.2) is 284 Å². The Hall–Kier alpha value is -8.91. The number of methoxy groups -OCH3 is 5. The number of benzene rings is 5. The molecule has 0 aliphatic carbocycles. The number of rotatable bonds is 40. The van der Waals surface area contributed by atoms with Gasteiger partial charge in [-0.2, -0.15) is 0 Å². The first-order valence-corrected chi connectivity index (χ1v) is 42.1. The smallest absolute Gasteiger partial charge is 0.338 e. The van der Waals surface area contributed by atoms with Crippen molar-refractivity contribution in [3.63, 3.8) is 0 Å². The maximum atomic E-state index is 12.0. The highest BCUT2D eigenvalue weighted by molar-refractivity contribution is 5.91. The van der Waals surface area contributed by atoms with Crippen LogP contribution >= 0.6 is 0 Å². The molecule has 0 bridgehead atoms. The molecule has 0 saturated heterocycles. The predicted molar refractivity (Wildman–Crippen MR) is 474 cm³/mol. The average Bonchev–Trinajstić information content (AvgIpc) is 0.883. The zero-order valence-corrected chi connectivity index (χ0v) is 77.6. The molecule has 2 unspecified atom stereocenters. The van der Waals surface area contributed by atoms with E-state index in [1.807, 2.05) is 91.0 Å². The van der Waals surface area contributed by atoms with Crippen LogP contribution in [0.15, 0.2) is 152 Å². The van der Waals surface area contributed by atoms with Gasteiger partial charge in [0.1, 0.15) is 65.8 Å². The number of carbonyl (C=O) groups excluding carboxylic acids is 9. The van der Waals surface area contributed by atoms with E-state index in [1.54, 1.807) is 74.9 Å². The normalized spacial score (nSPS) is 11.2. The highest BCUT2D eigenvalue weighted by atomic mass is 16.6.